The quantitative estimate of drug-likeness (QED) is 0.846. The van der Waals surface area contributed by atoms with E-state index in [1.165, 1.54) is 0 Å². The van der Waals surface area contributed by atoms with Gasteiger partial charge in [0, 0.05) is 18.5 Å². The fourth-order valence-electron chi connectivity index (χ4n) is 1.51. The van der Waals surface area contributed by atoms with Crippen LogP contribution >= 0.6 is 11.6 Å². The number of likely N-dealkylation sites (N-methyl/N-ethyl adjacent to an activating group) is 1. The SMILES string of the molecule is CN(C)CCNc1nc(Cl)c2ccccc2n1. The van der Waals surface area contributed by atoms with Gasteiger partial charge in [-0.3, -0.25) is 0 Å². The van der Waals surface area contributed by atoms with Crippen LogP contribution in [-0.4, -0.2) is 42.1 Å². The maximum atomic E-state index is 6.10. The number of hydrogen-bond donors (Lipinski definition) is 1. The summed E-state index contributed by atoms with van der Waals surface area (Å²) in [4.78, 5) is 10.7. The van der Waals surface area contributed by atoms with Crippen LogP contribution in [0.25, 0.3) is 10.9 Å². The molecule has 0 radical (unpaired) electrons. The zero-order valence-electron chi connectivity index (χ0n) is 9.94. The van der Waals surface area contributed by atoms with Crippen LogP contribution < -0.4 is 5.32 Å². The van der Waals surface area contributed by atoms with Crippen LogP contribution in [0.15, 0.2) is 24.3 Å². The Morgan fingerprint density at radius 2 is 2.00 bits per heavy atom. The number of hydrogen-bond acceptors (Lipinski definition) is 4. The molecule has 0 amide bonds. The second kappa shape index (κ2) is 5.29. The Labute approximate surface area is 106 Å². The number of rotatable bonds is 4. The first kappa shape index (κ1) is 12.1. The summed E-state index contributed by atoms with van der Waals surface area (Å²) in [7, 11) is 4.05. The number of fused-ring (bicyclic) bond motifs is 1. The second-order valence-corrected chi connectivity index (χ2v) is 4.44. The molecule has 0 atom stereocenters. The predicted molar refractivity (Wildman–Crippen MR) is 71.6 cm³/mol. The van der Waals surface area contributed by atoms with Crippen LogP contribution in [0.2, 0.25) is 5.15 Å². The lowest BCUT2D eigenvalue weighted by molar-refractivity contribution is 0.425. The first-order valence-corrected chi connectivity index (χ1v) is 5.85. The van der Waals surface area contributed by atoms with E-state index in [0.717, 1.165) is 24.0 Å². The van der Waals surface area contributed by atoms with Crippen molar-refractivity contribution in [3.63, 3.8) is 0 Å². The predicted octanol–water partition coefficient (Wildman–Crippen LogP) is 2.26. The third kappa shape index (κ3) is 3.05. The third-order valence-electron chi connectivity index (χ3n) is 2.40. The summed E-state index contributed by atoms with van der Waals surface area (Å²) >= 11 is 6.10. The molecule has 5 heteroatoms. The number of benzene rings is 1. The van der Waals surface area contributed by atoms with Gasteiger partial charge in [-0.05, 0) is 26.2 Å². The highest BCUT2D eigenvalue weighted by Gasteiger charge is 2.04. The Hall–Kier alpha value is -1.39. The molecule has 0 fully saturated rings. The van der Waals surface area contributed by atoms with Gasteiger partial charge in [0.2, 0.25) is 5.95 Å². The van der Waals surface area contributed by atoms with E-state index in [4.69, 9.17) is 11.6 Å². The topological polar surface area (TPSA) is 41.0 Å². The molecule has 1 heterocycles. The van der Waals surface area contributed by atoms with Gasteiger partial charge in [0.15, 0.2) is 0 Å². The molecular weight excluding hydrogens is 236 g/mol. The Balaban J connectivity index is 2.19. The van der Waals surface area contributed by atoms with E-state index in [1.807, 2.05) is 38.4 Å². The Morgan fingerprint density at radius 1 is 1.24 bits per heavy atom. The lowest BCUT2D eigenvalue weighted by atomic mass is 10.2. The lowest BCUT2D eigenvalue weighted by Gasteiger charge is -2.10. The van der Waals surface area contributed by atoms with E-state index in [-0.39, 0.29) is 0 Å². The monoisotopic (exact) mass is 250 g/mol. The van der Waals surface area contributed by atoms with Crippen molar-refractivity contribution in [1.29, 1.82) is 0 Å². The molecule has 0 saturated carbocycles. The number of aromatic nitrogens is 2. The van der Waals surface area contributed by atoms with E-state index < -0.39 is 0 Å². The van der Waals surface area contributed by atoms with Gasteiger partial charge < -0.3 is 10.2 Å². The number of anilines is 1. The van der Waals surface area contributed by atoms with Crippen molar-refractivity contribution in [3.8, 4) is 0 Å². The van der Waals surface area contributed by atoms with Crippen molar-refractivity contribution in [2.75, 3.05) is 32.5 Å². The van der Waals surface area contributed by atoms with Crippen molar-refractivity contribution in [1.82, 2.24) is 14.9 Å². The normalized spacial score (nSPS) is 11.1. The molecular formula is C12H15ClN4. The van der Waals surface area contributed by atoms with Gasteiger partial charge in [-0.1, -0.05) is 23.7 Å². The van der Waals surface area contributed by atoms with E-state index >= 15 is 0 Å². The molecule has 2 rings (SSSR count). The summed E-state index contributed by atoms with van der Waals surface area (Å²) in [5.74, 6) is 0.579. The van der Waals surface area contributed by atoms with Gasteiger partial charge in [0.05, 0.1) is 5.52 Å². The molecule has 1 N–H and O–H groups in total. The van der Waals surface area contributed by atoms with E-state index in [2.05, 4.69) is 20.2 Å². The molecule has 0 saturated heterocycles. The van der Waals surface area contributed by atoms with Crippen molar-refractivity contribution < 1.29 is 0 Å². The molecule has 0 bridgehead atoms. The standard InChI is InChI=1S/C12H15ClN4/c1-17(2)8-7-14-12-15-10-6-4-3-5-9(10)11(13)16-12/h3-6H,7-8H2,1-2H3,(H,14,15,16). The van der Waals surface area contributed by atoms with Crippen LogP contribution in [0.5, 0.6) is 0 Å². The average Bonchev–Trinajstić information content (AvgIpc) is 2.28. The van der Waals surface area contributed by atoms with Gasteiger partial charge in [0.25, 0.3) is 0 Å². The average molecular weight is 251 g/mol. The summed E-state index contributed by atoms with van der Waals surface area (Å²) in [5, 5.41) is 4.53. The molecule has 2 aromatic rings. The fraction of sp³-hybridized carbons (Fsp3) is 0.333. The Kier molecular flexibility index (Phi) is 3.76. The van der Waals surface area contributed by atoms with E-state index in [9.17, 15) is 0 Å². The molecule has 1 aromatic heterocycles. The Morgan fingerprint density at radius 3 is 2.76 bits per heavy atom. The summed E-state index contributed by atoms with van der Waals surface area (Å²) in [5.41, 5.74) is 0.861. The van der Waals surface area contributed by atoms with Crippen molar-refractivity contribution in [3.05, 3.63) is 29.4 Å². The third-order valence-corrected chi connectivity index (χ3v) is 2.69. The zero-order chi connectivity index (χ0) is 12.3. The minimum absolute atomic E-state index is 0.489. The highest BCUT2D eigenvalue weighted by atomic mass is 35.5. The molecule has 90 valence electrons. The summed E-state index contributed by atoms with van der Waals surface area (Å²) in [6.07, 6.45) is 0. The van der Waals surface area contributed by atoms with Gasteiger partial charge in [-0.25, -0.2) is 9.97 Å². The van der Waals surface area contributed by atoms with Crippen molar-refractivity contribution >= 4 is 28.5 Å². The first-order valence-electron chi connectivity index (χ1n) is 5.47. The maximum absolute atomic E-state index is 6.10. The highest BCUT2D eigenvalue weighted by Crippen LogP contribution is 2.21. The number of nitrogens with zero attached hydrogens (tertiary/aromatic N) is 3. The smallest absolute Gasteiger partial charge is 0.224 e. The molecule has 4 nitrogen and oxygen atoms in total. The maximum Gasteiger partial charge on any atom is 0.224 e. The molecule has 1 aromatic carbocycles. The van der Waals surface area contributed by atoms with Crippen molar-refractivity contribution in [2.24, 2.45) is 0 Å². The number of halogens is 1. The molecule has 0 aliphatic rings. The van der Waals surface area contributed by atoms with Gasteiger partial charge in [0.1, 0.15) is 5.15 Å². The first-order chi connectivity index (χ1) is 8.16. The van der Waals surface area contributed by atoms with E-state index in [0.29, 0.717) is 11.1 Å². The second-order valence-electron chi connectivity index (χ2n) is 4.09. The minimum Gasteiger partial charge on any atom is -0.353 e. The van der Waals surface area contributed by atoms with Crippen LogP contribution in [-0.2, 0) is 0 Å². The number of nitrogens with one attached hydrogen (secondary N) is 1. The van der Waals surface area contributed by atoms with Crippen molar-refractivity contribution in [2.45, 2.75) is 0 Å². The highest BCUT2D eigenvalue weighted by molar-refractivity contribution is 6.34. The summed E-state index contributed by atoms with van der Waals surface area (Å²) in [6, 6.07) is 7.72. The summed E-state index contributed by atoms with van der Waals surface area (Å²) < 4.78 is 0. The van der Waals surface area contributed by atoms with Crippen LogP contribution in [0.1, 0.15) is 0 Å². The molecule has 0 aliphatic carbocycles. The fourth-order valence-corrected chi connectivity index (χ4v) is 1.75. The van der Waals surface area contributed by atoms with Crippen LogP contribution in [0.3, 0.4) is 0 Å². The molecule has 0 spiro atoms. The zero-order valence-corrected chi connectivity index (χ0v) is 10.7. The largest absolute Gasteiger partial charge is 0.353 e. The Bertz CT molecular complexity index is 513. The van der Waals surface area contributed by atoms with Crippen LogP contribution in [0.4, 0.5) is 5.95 Å². The van der Waals surface area contributed by atoms with E-state index in [1.54, 1.807) is 0 Å². The molecule has 0 aliphatic heterocycles. The minimum atomic E-state index is 0.489. The number of para-hydroxylation sites is 1. The van der Waals surface area contributed by atoms with Crippen LogP contribution in [0, 0.1) is 0 Å². The summed E-state index contributed by atoms with van der Waals surface area (Å²) in [6.45, 7) is 1.72. The molecule has 0 unspecified atom stereocenters. The molecule has 17 heavy (non-hydrogen) atoms. The van der Waals surface area contributed by atoms with Gasteiger partial charge >= 0.3 is 0 Å². The van der Waals surface area contributed by atoms with Gasteiger partial charge in [-0.2, -0.15) is 0 Å². The van der Waals surface area contributed by atoms with Gasteiger partial charge in [-0.15, -0.1) is 0 Å². The lowest BCUT2D eigenvalue weighted by Crippen LogP contribution is -2.21.